The summed E-state index contributed by atoms with van der Waals surface area (Å²) in [4.78, 5) is 2.35. The van der Waals surface area contributed by atoms with Crippen LogP contribution in [0.15, 0.2) is 5.38 Å². The standard InChI is InChI=1S/C8H12ClN3S/c9-7-2-1-3-12(4-7)5-8-6-13-11-10-8/h6-7H,1-5H2. The van der Waals surface area contributed by atoms with E-state index in [2.05, 4.69) is 14.5 Å². The van der Waals surface area contributed by atoms with Crippen LogP contribution in [0, 0.1) is 0 Å². The van der Waals surface area contributed by atoms with E-state index in [0.29, 0.717) is 5.38 Å². The fourth-order valence-electron chi connectivity index (χ4n) is 1.62. The summed E-state index contributed by atoms with van der Waals surface area (Å²) < 4.78 is 3.84. The summed E-state index contributed by atoms with van der Waals surface area (Å²) in [5.74, 6) is 0. The molecule has 1 aliphatic rings. The van der Waals surface area contributed by atoms with Crippen molar-refractivity contribution < 1.29 is 0 Å². The van der Waals surface area contributed by atoms with Gasteiger partial charge in [-0.05, 0) is 30.9 Å². The van der Waals surface area contributed by atoms with E-state index in [1.807, 2.05) is 5.38 Å². The molecule has 2 heterocycles. The zero-order valence-corrected chi connectivity index (χ0v) is 8.89. The minimum Gasteiger partial charge on any atom is -0.296 e. The molecule has 0 saturated carbocycles. The van der Waals surface area contributed by atoms with E-state index in [9.17, 15) is 0 Å². The quantitative estimate of drug-likeness (QED) is 0.707. The zero-order chi connectivity index (χ0) is 9.10. The smallest absolute Gasteiger partial charge is 0.0895 e. The Labute approximate surface area is 86.9 Å². The second kappa shape index (κ2) is 4.35. The molecule has 1 saturated heterocycles. The Balaban J connectivity index is 1.87. The molecule has 1 aliphatic heterocycles. The van der Waals surface area contributed by atoms with Crippen molar-refractivity contribution in [2.24, 2.45) is 0 Å². The van der Waals surface area contributed by atoms with Crippen molar-refractivity contribution >= 4 is 23.1 Å². The maximum absolute atomic E-state index is 6.08. The van der Waals surface area contributed by atoms with Gasteiger partial charge in [0, 0.05) is 23.8 Å². The van der Waals surface area contributed by atoms with Crippen LogP contribution in [0.25, 0.3) is 0 Å². The average Bonchev–Trinajstić information content (AvgIpc) is 2.57. The normalized spacial score (nSPS) is 24.8. The van der Waals surface area contributed by atoms with Crippen LogP contribution in [-0.4, -0.2) is 33.0 Å². The Kier molecular flexibility index (Phi) is 3.14. The van der Waals surface area contributed by atoms with Crippen LogP contribution in [-0.2, 0) is 6.54 Å². The summed E-state index contributed by atoms with van der Waals surface area (Å²) in [5, 5.41) is 6.34. The highest BCUT2D eigenvalue weighted by Crippen LogP contribution is 2.16. The van der Waals surface area contributed by atoms with Gasteiger partial charge >= 0.3 is 0 Å². The molecule has 13 heavy (non-hydrogen) atoms. The number of piperidine rings is 1. The first kappa shape index (κ1) is 9.37. The molecule has 1 aromatic heterocycles. The SMILES string of the molecule is ClC1CCCN(Cc2csnn2)C1. The molecule has 0 amide bonds. The van der Waals surface area contributed by atoms with Crippen LogP contribution in [0.4, 0.5) is 0 Å². The van der Waals surface area contributed by atoms with Gasteiger partial charge in [0.1, 0.15) is 0 Å². The fourth-order valence-corrected chi connectivity index (χ4v) is 2.42. The van der Waals surface area contributed by atoms with Crippen molar-refractivity contribution in [3.05, 3.63) is 11.1 Å². The summed E-state index contributed by atoms with van der Waals surface area (Å²) >= 11 is 7.48. The third-order valence-corrected chi connectivity index (χ3v) is 3.15. The van der Waals surface area contributed by atoms with E-state index in [4.69, 9.17) is 11.6 Å². The molecular weight excluding hydrogens is 206 g/mol. The van der Waals surface area contributed by atoms with E-state index in [1.54, 1.807) is 0 Å². The number of likely N-dealkylation sites (tertiary alicyclic amines) is 1. The maximum atomic E-state index is 6.08. The topological polar surface area (TPSA) is 29.0 Å². The van der Waals surface area contributed by atoms with Crippen molar-refractivity contribution in [2.75, 3.05) is 13.1 Å². The molecule has 0 aliphatic carbocycles. The number of hydrogen-bond donors (Lipinski definition) is 0. The molecule has 1 unspecified atom stereocenters. The van der Waals surface area contributed by atoms with Gasteiger partial charge in [0.15, 0.2) is 0 Å². The Morgan fingerprint density at radius 2 is 2.62 bits per heavy atom. The lowest BCUT2D eigenvalue weighted by Crippen LogP contribution is -2.35. The summed E-state index contributed by atoms with van der Waals surface area (Å²) in [6.45, 7) is 3.03. The Morgan fingerprint density at radius 3 is 3.31 bits per heavy atom. The molecule has 1 fully saturated rings. The molecule has 5 heteroatoms. The minimum absolute atomic E-state index is 0.320. The highest BCUT2D eigenvalue weighted by atomic mass is 35.5. The molecule has 0 spiro atoms. The molecule has 0 bridgehead atoms. The molecule has 1 atom stereocenters. The van der Waals surface area contributed by atoms with Crippen molar-refractivity contribution in [3.8, 4) is 0 Å². The molecule has 0 radical (unpaired) electrons. The highest BCUT2D eigenvalue weighted by molar-refractivity contribution is 7.03. The number of aromatic nitrogens is 2. The van der Waals surface area contributed by atoms with Crippen molar-refractivity contribution in [3.63, 3.8) is 0 Å². The molecule has 2 rings (SSSR count). The Morgan fingerprint density at radius 1 is 1.69 bits per heavy atom. The molecule has 1 aromatic rings. The molecular formula is C8H12ClN3S. The van der Waals surface area contributed by atoms with Crippen molar-refractivity contribution in [1.82, 2.24) is 14.5 Å². The average molecular weight is 218 g/mol. The first-order valence-electron chi connectivity index (χ1n) is 4.47. The van der Waals surface area contributed by atoms with Crippen LogP contribution in [0.2, 0.25) is 0 Å². The lowest BCUT2D eigenvalue weighted by molar-refractivity contribution is 0.221. The predicted molar refractivity (Wildman–Crippen MR) is 54.1 cm³/mol. The predicted octanol–water partition coefficient (Wildman–Crippen LogP) is 1.74. The Bertz CT molecular complexity index is 252. The van der Waals surface area contributed by atoms with Crippen LogP contribution < -0.4 is 0 Å². The van der Waals surface area contributed by atoms with E-state index in [-0.39, 0.29) is 0 Å². The van der Waals surface area contributed by atoms with Gasteiger partial charge in [0.2, 0.25) is 0 Å². The summed E-state index contributed by atoms with van der Waals surface area (Å²) in [6, 6.07) is 0. The largest absolute Gasteiger partial charge is 0.296 e. The third kappa shape index (κ3) is 2.62. The summed E-state index contributed by atoms with van der Waals surface area (Å²) in [7, 11) is 0. The zero-order valence-electron chi connectivity index (χ0n) is 7.32. The van der Waals surface area contributed by atoms with Gasteiger partial charge in [-0.25, -0.2) is 0 Å². The number of alkyl halides is 1. The highest BCUT2D eigenvalue weighted by Gasteiger charge is 2.18. The van der Waals surface area contributed by atoms with Gasteiger partial charge < -0.3 is 0 Å². The first-order valence-corrected chi connectivity index (χ1v) is 5.74. The minimum atomic E-state index is 0.320. The number of nitrogens with zero attached hydrogens (tertiary/aromatic N) is 3. The van der Waals surface area contributed by atoms with Crippen molar-refractivity contribution in [1.29, 1.82) is 0 Å². The van der Waals surface area contributed by atoms with Gasteiger partial charge in [-0.3, -0.25) is 4.90 Å². The number of halogens is 1. The summed E-state index contributed by atoms with van der Waals surface area (Å²) in [5.41, 5.74) is 1.07. The number of rotatable bonds is 2. The lowest BCUT2D eigenvalue weighted by atomic mass is 10.1. The van der Waals surface area contributed by atoms with Crippen LogP contribution >= 0.6 is 23.1 Å². The molecule has 3 nitrogen and oxygen atoms in total. The van der Waals surface area contributed by atoms with Gasteiger partial charge in [-0.1, -0.05) is 4.49 Å². The Hall–Kier alpha value is -0.190. The summed E-state index contributed by atoms with van der Waals surface area (Å²) in [6.07, 6.45) is 2.35. The van der Waals surface area contributed by atoms with Crippen LogP contribution in [0.5, 0.6) is 0 Å². The van der Waals surface area contributed by atoms with E-state index >= 15 is 0 Å². The second-order valence-corrected chi connectivity index (χ2v) is 4.60. The monoisotopic (exact) mass is 217 g/mol. The lowest BCUT2D eigenvalue weighted by Gasteiger charge is -2.28. The van der Waals surface area contributed by atoms with Crippen LogP contribution in [0.3, 0.4) is 0 Å². The van der Waals surface area contributed by atoms with E-state index in [1.165, 1.54) is 18.0 Å². The van der Waals surface area contributed by atoms with Gasteiger partial charge in [-0.15, -0.1) is 16.7 Å². The maximum Gasteiger partial charge on any atom is 0.0895 e. The first-order chi connectivity index (χ1) is 6.34. The van der Waals surface area contributed by atoms with Gasteiger partial charge in [0.05, 0.1) is 5.69 Å². The van der Waals surface area contributed by atoms with Gasteiger partial charge in [0.25, 0.3) is 0 Å². The fraction of sp³-hybridized carbons (Fsp3) is 0.750. The molecule has 0 N–H and O–H groups in total. The molecule has 0 aromatic carbocycles. The van der Waals surface area contributed by atoms with Crippen molar-refractivity contribution in [2.45, 2.75) is 24.8 Å². The molecule has 72 valence electrons. The van der Waals surface area contributed by atoms with Crippen LogP contribution in [0.1, 0.15) is 18.5 Å². The second-order valence-electron chi connectivity index (χ2n) is 3.37. The number of hydrogen-bond acceptors (Lipinski definition) is 4. The van der Waals surface area contributed by atoms with E-state index < -0.39 is 0 Å². The third-order valence-electron chi connectivity index (χ3n) is 2.24. The van der Waals surface area contributed by atoms with Gasteiger partial charge in [-0.2, -0.15) is 0 Å². The van der Waals surface area contributed by atoms with E-state index in [0.717, 1.165) is 31.7 Å².